The van der Waals surface area contributed by atoms with E-state index in [-0.39, 0.29) is 6.09 Å². The molecule has 1 unspecified atom stereocenters. The van der Waals surface area contributed by atoms with Gasteiger partial charge < -0.3 is 9.64 Å². The molecule has 0 radical (unpaired) electrons. The Morgan fingerprint density at radius 3 is 2.75 bits per heavy atom. The van der Waals surface area contributed by atoms with E-state index in [1.165, 1.54) is 6.42 Å². The molecular weight excluding hydrogens is 252 g/mol. The number of carbonyl (C=O) groups excluding carboxylic acids is 1. The number of para-hydroxylation sites is 1. The quantitative estimate of drug-likeness (QED) is 0.922. The van der Waals surface area contributed by atoms with Crippen LogP contribution in [0.1, 0.15) is 24.0 Å². The van der Waals surface area contributed by atoms with Gasteiger partial charge in [-0.2, -0.15) is 0 Å². The van der Waals surface area contributed by atoms with Gasteiger partial charge in [-0.15, -0.1) is 0 Å². The van der Waals surface area contributed by atoms with Gasteiger partial charge >= 0.3 is 6.09 Å². The molecule has 1 fully saturated rings. The predicted octanol–water partition coefficient (Wildman–Crippen LogP) is 3.19. The summed E-state index contributed by atoms with van der Waals surface area (Å²) in [5.74, 6) is 0.456. The summed E-state index contributed by atoms with van der Waals surface area (Å²) in [6.45, 7) is 6.63. The number of hydrogen-bond donors (Lipinski definition) is 1. The molecule has 2 rings (SSSR count). The highest BCUT2D eigenvalue weighted by atomic mass is 16.5. The van der Waals surface area contributed by atoms with Crippen molar-refractivity contribution in [3.8, 4) is 0 Å². The second kappa shape index (κ2) is 6.75. The average molecular weight is 276 g/mol. The predicted molar refractivity (Wildman–Crippen MR) is 81.1 cm³/mol. The summed E-state index contributed by atoms with van der Waals surface area (Å²) in [4.78, 5) is 14.2. The number of rotatable bonds is 3. The lowest BCUT2D eigenvalue weighted by atomic mass is 10.00. The Labute approximate surface area is 121 Å². The second-order valence-electron chi connectivity index (χ2n) is 5.76. The molecule has 1 aromatic rings. The number of benzene rings is 1. The van der Waals surface area contributed by atoms with Gasteiger partial charge in [-0.25, -0.2) is 4.79 Å². The maximum absolute atomic E-state index is 11.9. The van der Waals surface area contributed by atoms with Gasteiger partial charge in [0.25, 0.3) is 0 Å². The minimum Gasteiger partial charge on any atom is -0.449 e. The minimum absolute atomic E-state index is 0.351. The average Bonchev–Trinajstić information content (AvgIpc) is 2.41. The molecule has 0 aromatic heterocycles. The summed E-state index contributed by atoms with van der Waals surface area (Å²) in [5, 5.41) is 2.85. The molecule has 1 aliphatic rings. The van der Waals surface area contributed by atoms with Crippen LogP contribution in [0.3, 0.4) is 0 Å². The molecule has 0 spiro atoms. The van der Waals surface area contributed by atoms with Gasteiger partial charge in [0.05, 0.1) is 6.61 Å². The number of nitrogens with one attached hydrogen (secondary N) is 1. The van der Waals surface area contributed by atoms with Crippen molar-refractivity contribution in [2.45, 2.75) is 26.7 Å². The molecule has 1 amide bonds. The highest BCUT2D eigenvalue weighted by molar-refractivity contribution is 5.86. The molecule has 1 atom stereocenters. The van der Waals surface area contributed by atoms with Crippen LogP contribution in [0.2, 0.25) is 0 Å². The van der Waals surface area contributed by atoms with Gasteiger partial charge in [0, 0.05) is 18.2 Å². The molecule has 1 N–H and O–H groups in total. The van der Waals surface area contributed by atoms with E-state index in [1.54, 1.807) is 0 Å². The maximum Gasteiger partial charge on any atom is 0.411 e. The van der Waals surface area contributed by atoms with E-state index >= 15 is 0 Å². The fraction of sp³-hybridized carbons (Fsp3) is 0.562. The van der Waals surface area contributed by atoms with Crippen LogP contribution >= 0.6 is 0 Å². The fourth-order valence-electron chi connectivity index (χ4n) is 2.75. The topological polar surface area (TPSA) is 41.6 Å². The summed E-state index contributed by atoms with van der Waals surface area (Å²) in [5.41, 5.74) is 2.97. The third-order valence-corrected chi connectivity index (χ3v) is 3.88. The summed E-state index contributed by atoms with van der Waals surface area (Å²) >= 11 is 0. The number of amides is 1. The molecule has 0 bridgehead atoms. The minimum atomic E-state index is -0.351. The second-order valence-corrected chi connectivity index (χ2v) is 5.76. The summed E-state index contributed by atoms with van der Waals surface area (Å²) in [6, 6.07) is 5.95. The van der Waals surface area contributed by atoms with Gasteiger partial charge in [0.15, 0.2) is 0 Å². The monoisotopic (exact) mass is 276 g/mol. The zero-order valence-corrected chi connectivity index (χ0v) is 12.6. The molecule has 0 aliphatic carbocycles. The Hall–Kier alpha value is -1.55. The van der Waals surface area contributed by atoms with Crippen LogP contribution < -0.4 is 5.32 Å². The molecule has 4 nitrogen and oxygen atoms in total. The lowest BCUT2D eigenvalue weighted by Crippen LogP contribution is -2.35. The van der Waals surface area contributed by atoms with Gasteiger partial charge in [-0.05, 0) is 51.4 Å². The summed E-state index contributed by atoms with van der Waals surface area (Å²) in [6.07, 6.45) is 1.97. The fourth-order valence-corrected chi connectivity index (χ4v) is 2.75. The van der Waals surface area contributed by atoms with Gasteiger partial charge in [-0.1, -0.05) is 18.2 Å². The number of piperidine rings is 1. The van der Waals surface area contributed by atoms with Crippen molar-refractivity contribution in [2.24, 2.45) is 5.92 Å². The molecule has 110 valence electrons. The Morgan fingerprint density at radius 1 is 1.40 bits per heavy atom. The molecule has 1 aromatic carbocycles. The van der Waals surface area contributed by atoms with E-state index in [4.69, 9.17) is 4.74 Å². The van der Waals surface area contributed by atoms with Crippen LogP contribution in [0, 0.1) is 19.8 Å². The van der Waals surface area contributed by atoms with Crippen molar-refractivity contribution in [3.05, 3.63) is 29.3 Å². The Kier molecular flexibility index (Phi) is 5.01. The number of likely N-dealkylation sites (tertiary alicyclic amines) is 1. The number of aryl methyl sites for hydroxylation is 2. The highest BCUT2D eigenvalue weighted by Crippen LogP contribution is 2.20. The zero-order valence-electron chi connectivity index (χ0n) is 12.6. The summed E-state index contributed by atoms with van der Waals surface area (Å²) < 4.78 is 5.37. The van der Waals surface area contributed by atoms with Crippen LogP contribution in [0.15, 0.2) is 18.2 Å². The van der Waals surface area contributed by atoms with Gasteiger partial charge in [0.2, 0.25) is 0 Å². The van der Waals surface area contributed by atoms with Crippen molar-refractivity contribution < 1.29 is 9.53 Å². The Balaban J connectivity index is 1.83. The van der Waals surface area contributed by atoms with Crippen LogP contribution in [-0.2, 0) is 4.74 Å². The SMILES string of the molecule is Cc1cccc(C)c1NC(=O)OCC1CCCN(C)C1. The van der Waals surface area contributed by atoms with E-state index < -0.39 is 0 Å². The van der Waals surface area contributed by atoms with Crippen LogP contribution in [0.4, 0.5) is 10.5 Å². The lowest BCUT2D eigenvalue weighted by molar-refractivity contribution is 0.107. The first-order valence-electron chi connectivity index (χ1n) is 7.25. The number of carbonyl (C=O) groups is 1. The Bertz CT molecular complexity index is 453. The third kappa shape index (κ3) is 3.97. The van der Waals surface area contributed by atoms with Crippen molar-refractivity contribution >= 4 is 11.8 Å². The molecule has 1 saturated heterocycles. The first kappa shape index (κ1) is 14.9. The third-order valence-electron chi connectivity index (χ3n) is 3.88. The smallest absolute Gasteiger partial charge is 0.411 e. The first-order chi connectivity index (χ1) is 9.56. The number of nitrogens with zero attached hydrogens (tertiary/aromatic N) is 1. The van der Waals surface area contributed by atoms with Gasteiger partial charge in [-0.3, -0.25) is 5.32 Å². The number of ether oxygens (including phenoxy) is 1. The summed E-state index contributed by atoms with van der Waals surface area (Å²) in [7, 11) is 2.11. The normalized spacial score (nSPS) is 19.6. The van der Waals surface area contributed by atoms with Gasteiger partial charge in [0.1, 0.15) is 0 Å². The van der Waals surface area contributed by atoms with E-state index in [0.29, 0.717) is 12.5 Å². The van der Waals surface area contributed by atoms with Crippen LogP contribution in [0.25, 0.3) is 0 Å². The molecule has 1 aliphatic heterocycles. The van der Waals surface area contributed by atoms with Crippen molar-refractivity contribution in [3.63, 3.8) is 0 Å². The number of anilines is 1. The first-order valence-corrected chi connectivity index (χ1v) is 7.25. The lowest BCUT2D eigenvalue weighted by Gasteiger charge is -2.29. The van der Waals surface area contributed by atoms with E-state index in [1.807, 2.05) is 32.0 Å². The molecular formula is C16H24N2O2. The molecule has 4 heteroatoms. The van der Waals surface area contributed by atoms with E-state index in [0.717, 1.165) is 36.3 Å². The van der Waals surface area contributed by atoms with Crippen molar-refractivity contribution in [2.75, 3.05) is 32.1 Å². The Morgan fingerprint density at radius 2 is 2.10 bits per heavy atom. The molecule has 1 heterocycles. The standard InChI is InChI=1S/C16H24N2O2/c1-12-6-4-7-13(2)15(12)17-16(19)20-11-14-8-5-9-18(3)10-14/h4,6-7,14H,5,8-11H2,1-3H3,(H,17,19). The highest BCUT2D eigenvalue weighted by Gasteiger charge is 2.19. The molecule has 20 heavy (non-hydrogen) atoms. The maximum atomic E-state index is 11.9. The van der Waals surface area contributed by atoms with E-state index in [9.17, 15) is 4.79 Å². The number of hydrogen-bond acceptors (Lipinski definition) is 3. The largest absolute Gasteiger partial charge is 0.449 e. The molecule has 0 saturated carbocycles. The van der Waals surface area contributed by atoms with Crippen LogP contribution in [-0.4, -0.2) is 37.7 Å². The van der Waals surface area contributed by atoms with Crippen LogP contribution in [0.5, 0.6) is 0 Å². The van der Waals surface area contributed by atoms with Crippen molar-refractivity contribution in [1.82, 2.24) is 4.90 Å². The van der Waals surface area contributed by atoms with E-state index in [2.05, 4.69) is 17.3 Å². The van der Waals surface area contributed by atoms with Crippen molar-refractivity contribution in [1.29, 1.82) is 0 Å². The zero-order chi connectivity index (χ0) is 14.5.